The molecular formula is C47H88N4O2. The van der Waals surface area contributed by atoms with Crippen molar-refractivity contribution in [3.63, 3.8) is 0 Å². The minimum Gasteiger partial charge on any atom is -0.352 e. The van der Waals surface area contributed by atoms with Crippen LogP contribution in [0.1, 0.15) is 206 Å². The van der Waals surface area contributed by atoms with Crippen LogP contribution in [0.3, 0.4) is 0 Å². The van der Waals surface area contributed by atoms with E-state index in [0.717, 1.165) is 90.5 Å². The molecule has 0 aromatic heterocycles. The molecule has 0 spiro atoms. The molecule has 1 unspecified atom stereocenters. The Morgan fingerprint density at radius 2 is 1.15 bits per heavy atom. The molecule has 1 atom stereocenters. The first-order chi connectivity index (χ1) is 26.0. The first kappa shape index (κ1) is 47.5. The lowest BCUT2D eigenvalue weighted by Crippen LogP contribution is -2.54. The molecule has 53 heavy (non-hydrogen) atoms. The summed E-state index contributed by atoms with van der Waals surface area (Å²) in [6.07, 6.45) is 45.1. The summed E-state index contributed by atoms with van der Waals surface area (Å²) in [7, 11) is 2.19. The Balaban J connectivity index is 1.89. The summed E-state index contributed by atoms with van der Waals surface area (Å²) >= 11 is 0. The largest absolute Gasteiger partial charge is 0.352 e. The third-order valence-electron chi connectivity index (χ3n) is 11.9. The van der Waals surface area contributed by atoms with E-state index in [1.807, 2.05) is 4.90 Å². The average Bonchev–Trinajstić information content (AvgIpc) is 3.43. The van der Waals surface area contributed by atoms with Gasteiger partial charge in [-0.2, -0.15) is 0 Å². The highest BCUT2D eigenvalue weighted by Crippen LogP contribution is 2.21. The van der Waals surface area contributed by atoms with Crippen LogP contribution in [0.5, 0.6) is 0 Å². The number of hydrogen-bond acceptors (Lipinski definition) is 4. The number of likely N-dealkylation sites (N-methyl/N-ethyl adjacent to an activating group) is 1. The van der Waals surface area contributed by atoms with Gasteiger partial charge >= 0.3 is 0 Å². The van der Waals surface area contributed by atoms with Gasteiger partial charge in [-0.05, 0) is 64.8 Å². The van der Waals surface area contributed by atoms with E-state index in [1.54, 1.807) is 0 Å². The third kappa shape index (κ3) is 25.2. The van der Waals surface area contributed by atoms with E-state index >= 15 is 0 Å². The number of amides is 2. The van der Waals surface area contributed by atoms with E-state index in [9.17, 15) is 9.59 Å². The van der Waals surface area contributed by atoms with Gasteiger partial charge in [-0.25, -0.2) is 0 Å². The molecule has 1 saturated heterocycles. The van der Waals surface area contributed by atoms with E-state index in [2.05, 4.69) is 60.3 Å². The molecule has 1 aliphatic carbocycles. The van der Waals surface area contributed by atoms with Crippen LogP contribution in [-0.2, 0) is 9.59 Å². The number of unbranched alkanes of at least 4 members (excludes halogenated alkanes) is 18. The maximum absolute atomic E-state index is 14.2. The van der Waals surface area contributed by atoms with E-state index in [4.69, 9.17) is 0 Å². The fraction of sp³-hybridized carbons (Fsp3) is 0.872. The zero-order valence-corrected chi connectivity index (χ0v) is 35.6. The van der Waals surface area contributed by atoms with Gasteiger partial charge in [-0.1, -0.05) is 167 Å². The van der Waals surface area contributed by atoms with E-state index < -0.39 is 0 Å². The normalized spacial score (nSPS) is 17.1. The lowest BCUT2D eigenvalue weighted by Gasteiger charge is -2.36. The van der Waals surface area contributed by atoms with Crippen LogP contribution in [0.15, 0.2) is 24.3 Å². The highest BCUT2D eigenvalue weighted by molar-refractivity contribution is 5.87. The Labute approximate surface area is 329 Å². The van der Waals surface area contributed by atoms with Crippen LogP contribution in [0.2, 0.25) is 0 Å². The quantitative estimate of drug-likeness (QED) is 0.0424. The number of carbonyl (C=O) groups is 2. The van der Waals surface area contributed by atoms with Gasteiger partial charge in [-0.15, -0.1) is 0 Å². The summed E-state index contributed by atoms with van der Waals surface area (Å²) in [6, 6.07) is -0.0731. The molecule has 0 aromatic rings. The Morgan fingerprint density at radius 3 is 1.75 bits per heavy atom. The number of allylic oxidation sites excluding steroid dienone is 4. The molecule has 1 aliphatic heterocycles. The average molecular weight is 741 g/mol. The van der Waals surface area contributed by atoms with Gasteiger partial charge in [0, 0.05) is 51.7 Å². The predicted octanol–water partition coefficient (Wildman–Crippen LogP) is 11.8. The standard InChI is InChI=1S/C47H88N4O2/c1-4-6-8-10-12-14-16-17-18-19-21-23-25-27-33-37-46(52)51(43-42-50-40-38-49(3)39-41-50)45(47(53)48-44-34-30-28-29-31-35-44)36-32-26-24-22-20-15-13-11-9-7-5-2/h12,14,17-18,44-45H,4-11,13,15-16,19-43H2,1-3H3,(H,48,53)/b14-12-,18-17-. The van der Waals surface area contributed by atoms with Gasteiger partial charge in [0.1, 0.15) is 6.04 Å². The number of nitrogens with one attached hydrogen (secondary N) is 1. The topological polar surface area (TPSA) is 55.9 Å². The minimum atomic E-state index is -0.338. The number of hydrogen-bond donors (Lipinski definition) is 1. The molecule has 0 bridgehead atoms. The molecule has 2 amide bonds. The summed E-state index contributed by atoms with van der Waals surface area (Å²) < 4.78 is 0. The molecule has 6 nitrogen and oxygen atoms in total. The molecule has 1 saturated carbocycles. The fourth-order valence-corrected chi connectivity index (χ4v) is 8.16. The summed E-state index contributed by atoms with van der Waals surface area (Å²) in [5, 5.41) is 3.49. The van der Waals surface area contributed by atoms with E-state index in [-0.39, 0.29) is 23.9 Å². The number of rotatable bonds is 32. The highest BCUT2D eigenvalue weighted by Gasteiger charge is 2.31. The van der Waals surface area contributed by atoms with Gasteiger partial charge < -0.3 is 15.1 Å². The molecule has 2 aliphatic rings. The number of piperazine rings is 1. The van der Waals surface area contributed by atoms with Crippen LogP contribution in [-0.4, -0.2) is 84.9 Å². The lowest BCUT2D eigenvalue weighted by atomic mass is 10.0. The maximum atomic E-state index is 14.2. The summed E-state index contributed by atoms with van der Waals surface area (Å²) in [6.45, 7) is 10.3. The van der Waals surface area contributed by atoms with Crippen molar-refractivity contribution < 1.29 is 9.59 Å². The fourth-order valence-electron chi connectivity index (χ4n) is 8.16. The van der Waals surface area contributed by atoms with E-state index in [0.29, 0.717) is 13.0 Å². The molecule has 308 valence electrons. The van der Waals surface area contributed by atoms with Crippen LogP contribution < -0.4 is 5.32 Å². The first-order valence-electron chi connectivity index (χ1n) is 23.4. The SMILES string of the molecule is CCCCC/C=C\C/C=C\CCCCCCCC(=O)N(CCN1CCN(C)CC1)C(CCCCCCCCCCCCC)C(=O)NC1CCCCCC1. The second kappa shape index (κ2) is 33.7. The van der Waals surface area contributed by atoms with Crippen LogP contribution in [0, 0.1) is 0 Å². The molecule has 2 rings (SSSR count). The second-order valence-corrected chi connectivity index (χ2v) is 16.7. The van der Waals surface area contributed by atoms with Crippen LogP contribution in [0.4, 0.5) is 0 Å². The van der Waals surface area contributed by atoms with Crippen molar-refractivity contribution in [1.82, 2.24) is 20.0 Å². The smallest absolute Gasteiger partial charge is 0.243 e. The number of nitrogens with zero attached hydrogens (tertiary/aromatic N) is 3. The lowest BCUT2D eigenvalue weighted by molar-refractivity contribution is -0.141. The second-order valence-electron chi connectivity index (χ2n) is 16.7. The maximum Gasteiger partial charge on any atom is 0.243 e. The molecule has 1 N–H and O–H groups in total. The van der Waals surface area contributed by atoms with Gasteiger partial charge in [0.25, 0.3) is 0 Å². The zero-order valence-electron chi connectivity index (χ0n) is 35.6. The molecular weight excluding hydrogens is 653 g/mol. The Kier molecular flexibility index (Phi) is 30.2. The van der Waals surface area contributed by atoms with Crippen LogP contribution in [0.25, 0.3) is 0 Å². The summed E-state index contributed by atoms with van der Waals surface area (Å²) in [4.78, 5) is 35.2. The Hall–Kier alpha value is -1.66. The molecule has 6 heteroatoms. The summed E-state index contributed by atoms with van der Waals surface area (Å²) in [5.41, 5.74) is 0. The van der Waals surface area contributed by atoms with Crippen molar-refractivity contribution in [1.29, 1.82) is 0 Å². The predicted molar refractivity (Wildman–Crippen MR) is 230 cm³/mol. The van der Waals surface area contributed by atoms with Crippen molar-refractivity contribution in [3.8, 4) is 0 Å². The zero-order chi connectivity index (χ0) is 38.0. The molecule has 0 aromatic carbocycles. The van der Waals surface area contributed by atoms with Crippen molar-refractivity contribution in [2.75, 3.05) is 46.3 Å². The number of carbonyl (C=O) groups excluding carboxylic acids is 2. The van der Waals surface area contributed by atoms with Crippen LogP contribution >= 0.6 is 0 Å². The van der Waals surface area contributed by atoms with E-state index in [1.165, 1.54) is 128 Å². The van der Waals surface area contributed by atoms with Gasteiger partial charge in [0.05, 0.1) is 0 Å². The Morgan fingerprint density at radius 1 is 0.642 bits per heavy atom. The summed E-state index contributed by atoms with van der Waals surface area (Å²) in [5.74, 6) is 0.324. The van der Waals surface area contributed by atoms with Gasteiger partial charge in [0.2, 0.25) is 11.8 Å². The third-order valence-corrected chi connectivity index (χ3v) is 11.9. The molecule has 2 fully saturated rings. The van der Waals surface area contributed by atoms with Crippen molar-refractivity contribution in [3.05, 3.63) is 24.3 Å². The molecule has 1 heterocycles. The first-order valence-corrected chi connectivity index (χ1v) is 23.4. The van der Waals surface area contributed by atoms with Gasteiger partial charge in [-0.3, -0.25) is 14.5 Å². The molecule has 0 radical (unpaired) electrons. The monoisotopic (exact) mass is 741 g/mol. The van der Waals surface area contributed by atoms with Crippen molar-refractivity contribution in [2.24, 2.45) is 0 Å². The Bertz CT molecular complexity index is 920. The van der Waals surface area contributed by atoms with Crippen molar-refractivity contribution >= 4 is 11.8 Å². The van der Waals surface area contributed by atoms with Gasteiger partial charge in [0.15, 0.2) is 0 Å². The highest BCUT2D eigenvalue weighted by atomic mass is 16.2. The minimum absolute atomic E-state index is 0.121. The van der Waals surface area contributed by atoms with Crippen molar-refractivity contribution in [2.45, 2.75) is 219 Å².